The monoisotopic (exact) mass is 283 g/mol. The van der Waals surface area contributed by atoms with E-state index in [2.05, 4.69) is 44.9 Å². The topological polar surface area (TPSA) is 37.8 Å². The molecule has 0 saturated carbocycles. The third kappa shape index (κ3) is 2.71. The molecule has 1 atom stereocenters. The number of aryl methyl sites for hydroxylation is 1. The molecule has 2 aromatic heterocycles. The van der Waals surface area contributed by atoms with Gasteiger partial charge in [-0.3, -0.25) is 4.98 Å². The van der Waals surface area contributed by atoms with Crippen LogP contribution in [0.5, 0.6) is 0 Å². The van der Waals surface area contributed by atoms with E-state index in [4.69, 9.17) is 0 Å². The quantitative estimate of drug-likeness (QED) is 0.796. The van der Waals surface area contributed by atoms with Crippen LogP contribution in [0.25, 0.3) is 10.9 Å². The molecule has 0 fully saturated rings. The van der Waals surface area contributed by atoms with Gasteiger partial charge in [-0.1, -0.05) is 18.2 Å². The summed E-state index contributed by atoms with van der Waals surface area (Å²) in [5.41, 5.74) is 3.44. The molecule has 0 amide bonds. The molecule has 20 heavy (non-hydrogen) atoms. The van der Waals surface area contributed by atoms with E-state index in [1.54, 1.807) is 11.3 Å². The Balaban J connectivity index is 1.90. The summed E-state index contributed by atoms with van der Waals surface area (Å²) in [5, 5.41) is 7.81. The first-order chi connectivity index (χ1) is 9.76. The van der Waals surface area contributed by atoms with Gasteiger partial charge in [-0.05, 0) is 31.7 Å². The molecule has 3 rings (SSSR count). The molecule has 3 aromatic rings. The van der Waals surface area contributed by atoms with Crippen LogP contribution in [-0.2, 0) is 6.42 Å². The van der Waals surface area contributed by atoms with E-state index in [9.17, 15) is 0 Å². The molecule has 0 radical (unpaired) electrons. The number of rotatable bonds is 4. The Bertz CT molecular complexity index is 720. The minimum absolute atomic E-state index is 0.267. The highest BCUT2D eigenvalue weighted by molar-refractivity contribution is 7.09. The minimum atomic E-state index is 0.267. The normalized spacial score (nSPS) is 12.7. The second-order valence-electron chi connectivity index (χ2n) is 4.86. The SMILES string of the molecule is CNC(Cc1csc(C)n1)c1ccc2cccnc2c1. The number of nitrogens with one attached hydrogen (secondary N) is 1. The maximum atomic E-state index is 4.55. The van der Waals surface area contributed by atoms with Crippen LogP contribution in [0, 0.1) is 6.92 Å². The van der Waals surface area contributed by atoms with Crippen LogP contribution < -0.4 is 5.32 Å². The highest BCUT2D eigenvalue weighted by Gasteiger charge is 2.12. The molecule has 2 heterocycles. The molecule has 4 heteroatoms. The first kappa shape index (κ1) is 13.2. The Hall–Kier alpha value is -1.78. The standard InChI is InChI=1S/C16H17N3S/c1-11-19-14(10-20-11)9-15(17-2)13-6-5-12-4-3-7-18-16(12)8-13/h3-8,10,15,17H,9H2,1-2H3. The lowest BCUT2D eigenvalue weighted by Gasteiger charge is -2.16. The Labute approximate surface area is 122 Å². The van der Waals surface area contributed by atoms with E-state index in [1.807, 2.05) is 26.2 Å². The molecule has 102 valence electrons. The third-order valence-corrected chi connectivity index (χ3v) is 4.28. The van der Waals surface area contributed by atoms with Gasteiger partial charge in [-0.25, -0.2) is 4.98 Å². The van der Waals surface area contributed by atoms with Gasteiger partial charge in [0, 0.05) is 29.4 Å². The average molecular weight is 283 g/mol. The number of nitrogens with zero attached hydrogens (tertiary/aromatic N) is 2. The number of hydrogen-bond donors (Lipinski definition) is 1. The van der Waals surface area contributed by atoms with E-state index < -0.39 is 0 Å². The Kier molecular flexibility index (Phi) is 3.76. The van der Waals surface area contributed by atoms with Gasteiger partial charge in [-0.15, -0.1) is 11.3 Å². The molecule has 0 aliphatic rings. The molecule has 0 saturated heterocycles. The molecule has 1 N–H and O–H groups in total. The van der Waals surface area contributed by atoms with Gasteiger partial charge in [-0.2, -0.15) is 0 Å². The number of likely N-dealkylation sites (N-methyl/N-ethyl adjacent to an activating group) is 1. The van der Waals surface area contributed by atoms with Crippen LogP contribution in [0.3, 0.4) is 0 Å². The largest absolute Gasteiger partial charge is 0.313 e. The molecule has 0 bridgehead atoms. The van der Waals surface area contributed by atoms with Crippen molar-refractivity contribution >= 4 is 22.2 Å². The minimum Gasteiger partial charge on any atom is -0.313 e. The molecule has 1 aromatic carbocycles. The highest BCUT2D eigenvalue weighted by atomic mass is 32.1. The van der Waals surface area contributed by atoms with E-state index in [0.29, 0.717) is 0 Å². The summed E-state index contributed by atoms with van der Waals surface area (Å²) in [5.74, 6) is 0. The van der Waals surface area contributed by atoms with Crippen molar-refractivity contribution in [3.05, 3.63) is 58.2 Å². The van der Waals surface area contributed by atoms with Crippen LogP contribution in [0.4, 0.5) is 0 Å². The zero-order chi connectivity index (χ0) is 13.9. The van der Waals surface area contributed by atoms with Gasteiger partial charge in [0.2, 0.25) is 0 Å². The summed E-state index contributed by atoms with van der Waals surface area (Å²) < 4.78 is 0. The Morgan fingerprint density at radius 1 is 1.30 bits per heavy atom. The van der Waals surface area contributed by atoms with Crippen LogP contribution in [0.1, 0.15) is 22.3 Å². The van der Waals surface area contributed by atoms with Crippen LogP contribution in [0.2, 0.25) is 0 Å². The predicted molar refractivity (Wildman–Crippen MR) is 84.1 cm³/mol. The van der Waals surface area contributed by atoms with Crippen LogP contribution >= 0.6 is 11.3 Å². The van der Waals surface area contributed by atoms with E-state index in [-0.39, 0.29) is 6.04 Å². The van der Waals surface area contributed by atoms with Crippen molar-refractivity contribution in [1.82, 2.24) is 15.3 Å². The highest BCUT2D eigenvalue weighted by Crippen LogP contribution is 2.22. The summed E-state index contributed by atoms with van der Waals surface area (Å²) in [6.45, 7) is 2.04. The van der Waals surface area contributed by atoms with Gasteiger partial charge in [0.1, 0.15) is 0 Å². The smallest absolute Gasteiger partial charge is 0.0897 e. The predicted octanol–water partition coefficient (Wildman–Crippen LogP) is 3.50. The van der Waals surface area contributed by atoms with Crippen LogP contribution in [-0.4, -0.2) is 17.0 Å². The van der Waals surface area contributed by atoms with E-state index >= 15 is 0 Å². The zero-order valence-corrected chi connectivity index (χ0v) is 12.4. The molecular weight excluding hydrogens is 266 g/mol. The molecule has 0 aliphatic heterocycles. The number of benzene rings is 1. The summed E-state index contributed by atoms with van der Waals surface area (Å²) in [4.78, 5) is 8.98. The molecular formula is C16H17N3S. The Morgan fingerprint density at radius 2 is 2.20 bits per heavy atom. The van der Waals surface area contributed by atoms with Gasteiger partial charge in [0.05, 0.1) is 16.2 Å². The van der Waals surface area contributed by atoms with Crippen molar-refractivity contribution in [3.8, 4) is 0 Å². The van der Waals surface area contributed by atoms with Crippen molar-refractivity contribution < 1.29 is 0 Å². The maximum absolute atomic E-state index is 4.55. The number of fused-ring (bicyclic) bond motifs is 1. The molecule has 0 aliphatic carbocycles. The second-order valence-corrected chi connectivity index (χ2v) is 5.92. The summed E-state index contributed by atoms with van der Waals surface area (Å²) in [6.07, 6.45) is 2.74. The van der Waals surface area contributed by atoms with Crippen molar-refractivity contribution in [3.63, 3.8) is 0 Å². The lowest BCUT2D eigenvalue weighted by atomic mass is 10.0. The number of hydrogen-bond acceptors (Lipinski definition) is 4. The van der Waals surface area contributed by atoms with Crippen molar-refractivity contribution in [1.29, 1.82) is 0 Å². The van der Waals surface area contributed by atoms with Crippen molar-refractivity contribution in [2.45, 2.75) is 19.4 Å². The van der Waals surface area contributed by atoms with E-state index in [0.717, 1.165) is 22.6 Å². The lowest BCUT2D eigenvalue weighted by molar-refractivity contribution is 0.586. The summed E-state index contributed by atoms with van der Waals surface area (Å²) in [7, 11) is 1.99. The van der Waals surface area contributed by atoms with Gasteiger partial charge in [0.25, 0.3) is 0 Å². The number of thiazole rings is 1. The van der Waals surface area contributed by atoms with Crippen molar-refractivity contribution in [2.24, 2.45) is 0 Å². The number of aromatic nitrogens is 2. The van der Waals surface area contributed by atoms with Gasteiger partial charge in [0.15, 0.2) is 0 Å². The van der Waals surface area contributed by atoms with Gasteiger partial charge < -0.3 is 5.32 Å². The fourth-order valence-electron chi connectivity index (χ4n) is 2.40. The maximum Gasteiger partial charge on any atom is 0.0897 e. The van der Waals surface area contributed by atoms with Crippen molar-refractivity contribution in [2.75, 3.05) is 7.05 Å². The molecule has 0 spiro atoms. The average Bonchev–Trinajstić information content (AvgIpc) is 2.89. The molecule has 1 unspecified atom stereocenters. The van der Waals surface area contributed by atoms with Crippen LogP contribution in [0.15, 0.2) is 41.9 Å². The first-order valence-corrected chi connectivity index (χ1v) is 7.57. The second kappa shape index (κ2) is 5.69. The fourth-order valence-corrected chi connectivity index (χ4v) is 3.02. The first-order valence-electron chi connectivity index (χ1n) is 6.69. The Morgan fingerprint density at radius 3 is 2.95 bits per heavy atom. The van der Waals surface area contributed by atoms with Gasteiger partial charge >= 0.3 is 0 Å². The lowest BCUT2D eigenvalue weighted by Crippen LogP contribution is -2.19. The third-order valence-electron chi connectivity index (χ3n) is 3.46. The fraction of sp³-hybridized carbons (Fsp3) is 0.250. The summed E-state index contributed by atoms with van der Waals surface area (Å²) >= 11 is 1.70. The van der Waals surface area contributed by atoms with E-state index in [1.165, 1.54) is 10.9 Å². The number of pyridine rings is 1. The summed E-state index contributed by atoms with van der Waals surface area (Å²) in [6, 6.07) is 10.8. The zero-order valence-electron chi connectivity index (χ0n) is 11.6. The molecule has 3 nitrogen and oxygen atoms in total.